The maximum atomic E-state index is 12.6. The van der Waals surface area contributed by atoms with Crippen molar-refractivity contribution in [2.24, 2.45) is 0 Å². The number of nitrogens with one attached hydrogen (secondary N) is 2. The Kier molecular flexibility index (Phi) is 6.79. The lowest BCUT2D eigenvalue weighted by Gasteiger charge is -2.19. The minimum atomic E-state index is -0.203. The number of methoxy groups -OCH3 is 4. The molecule has 1 heterocycles. The summed E-state index contributed by atoms with van der Waals surface area (Å²) in [6.45, 7) is 4.18. The molecule has 0 bridgehead atoms. The van der Waals surface area contributed by atoms with E-state index in [1.54, 1.807) is 33.5 Å². The quantitative estimate of drug-likeness (QED) is 0.553. The zero-order chi connectivity index (χ0) is 21.7. The normalized spacial score (nSPS) is 11.9. The summed E-state index contributed by atoms with van der Waals surface area (Å²) in [5, 5.41) is 0.462. The van der Waals surface area contributed by atoms with E-state index < -0.39 is 0 Å². The second kappa shape index (κ2) is 9.49. The van der Waals surface area contributed by atoms with Gasteiger partial charge in [0.05, 0.1) is 51.5 Å². The largest absolute Gasteiger partial charge is 0.497 e. The first-order valence-corrected chi connectivity index (χ1v) is 9.72. The third kappa shape index (κ3) is 4.49. The molecule has 8 heteroatoms. The van der Waals surface area contributed by atoms with Gasteiger partial charge in [0.15, 0.2) is 17.3 Å². The molecule has 0 radical (unpaired) electrons. The van der Waals surface area contributed by atoms with Crippen LogP contribution in [0.2, 0.25) is 0 Å². The Bertz CT molecular complexity index is 1080. The van der Waals surface area contributed by atoms with Crippen LogP contribution >= 0.6 is 0 Å². The standard InChI is InChI=1S/C22H27N3O5/c1-6-25(12-14-9-15(27-2)7-8-18(14)28-3)13-21-23-17-11-20(30-5)19(29-4)10-16(17)22(26)24-21/h7-11H,6,12-13H2,1-5H3,(H,23,24,26)/p+1. The lowest BCUT2D eigenvalue weighted by Crippen LogP contribution is -3.09. The molecule has 2 N–H and O–H groups in total. The van der Waals surface area contributed by atoms with Gasteiger partial charge in [0.25, 0.3) is 5.56 Å². The number of aromatic nitrogens is 2. The molecule has 8 nitrogen and oxygen atoms in total. The fourth-order valence-electron chi connectivity index (χ4n) is 3.44. The van der Waals surface area contributed by atoms with E-state index in [1.807, 2.05) is 18.2 Å². The number of benzene rings is 2. The molecular weight excluding hydrogens is 386 g/mol. The third-order valence-electron chi connectivity index (χ3n) is 5.11. The molecule has 160 valence electrons. The molecule has 1 atom stereocenters. The van der Waals surface area contributed by atoms with Gasteiger partial charge in [0.2, 0.25) is 0 Å². The van der Waals surface area contributed by atoms with E-state index in [9.17, 15) is 4.79 Å². The summed E-state index contributed by atoms with van der Waals surface area (Å²) in [5.74, 6) is 3.22. The zero-order valence-electron chi connectivity index (χ0n) is 18.0. The lowest BCUT2D eigenvalue weighted by molar-refractivity contribution is -0.926. The third-order valence-corrected chi connectivity index (χ3v) is 5.11. The van der Waals surface area contributed by atoms with Crippen molar-refractivity contribution in [2.45, 2.75) is 20.0 Å². The monoisotopic (exact) mass is 414 g/mol. The van der Waals surface area contributed by atoms with Crippen LogP contribution in [0, 0.1) is 0 Å². The lowest BCUT2D eigenvalue weighted by atomic mass is 10.1. The molecule has 0 aliphatic heterocycles. The van der Waals surface area contributed by atoms with Gasteiger partial charge in [-0.3, -0.25) is 4.79 Å². The second-order valence-electron chi connectivity index (χ2n) is 6.87. The van der Waals surface area contributed by atoms with Crippen molar-refractivity contribution in [3.8, 4) is 23.0 Å². The van der Waals surface area contributed by atoms with Crippen molar-refractivity contribution in [3.63, 3.8) is 0 Å². The van der Waals surface area contributed by atoms with Gasteiger partial charge in [-0.15, -0.1) is 0 Å². The Morgan fingerprint density at radius 2 is 1.60 bits per heavy atom. The molecule has 2 aromatic carbocycles. The predicted octanol–water partition coefficient (Wildman–Crippen LogP) is 1.56. The van der Waals surface area contributed by atoms with Crippen molar-refractivity contribution in [1.82, 2.24) is 9.97 Å². The topological polar surface area (TPSA) is 87.1 Å². The Labute approximate surface area is 175 Å². The molecule has 0 aliphatic rings. The Balaban J connectivity index is 1.91. The number of quaternary nitrogens is 1. The van der Waals surface area contributed by atoms with E-state index in [-0.39, 0.29) is 5.56 Å². The highest BCUT2D eigenvalue weighted by Crippen LogP contribution is 2.29. The van der Waals surface area contributed by atoms with Crippen LogP contribution in [0.1, 0.15) is 18.3 Å². The summed E-state index contributed by atoms with van der Waals surface area (Å²) in [6, 6.07) is 9.12. The molecule has 1 aromatic heterocycles. The Morgan fingerprint density at radius 1 is 0.900 bits per heavy atom. The number of fused-ring (bicyclic) bond motifs is 1. The van der Waals surface area contributed by atoms with Crippen molar-refractivity contribution in [2.75, 3.05) is 35.0 Å². The summed E-state index contributed by atoms with van der Waals surface area (Å²) < 4.78 is 21.5. The molecular formula is C22H28N3O5+. The summed E-state index contributed by atoms with van der Waals surface area (Å²) in [5.41, 5.74) is 1.40. The average molecular weight is 414 g/mol. The van der Waals surface area contributed by atoms with Gasteiger partial charge in [-0.2, -0.15) is 0 Å². The molecule has 30 heavy (non-hydrogen) atoms. The summed E-state index contributed by atoms with van der Waals surface area (Å²) in [7, 11) is 6.39. The number of nitrogens with zero attached hydrogens (tertiary/aromatic N) is 1. The minimum absolute atomic E-state index is 0.203. The van der Waals surface area contributed by atoms with E-state index in [2.05, 4.69) is 16.9 Å². The van der Waals surface area contributed by atoms with Crippen LogP contribution < -0.4 is 29.4 Å². The van der Waals surface area contributed by atoms with Crippen molar-refractivity contribution in [3.05, 3.63) is 52.1 Å². The predicted molar refractivity (Wildman–Crippen MR) is 114 cm³/mol. The molecule has 0 aliphatic carbocycles. The van der Waals surface area contributed by atoms with Gasteiger partial charge in [0.1, 0.15) is 24.6 Å². The Morgan fingerprint density at radius 3 is 2.23 bits per heavy atom. The molecule has 0 saturated heterocycles. The molecule has 3 rings (SSSR count). The molecule has 1 unspecified atom stereocenters. The van der Waals surface area contributed by atoms with E-state index in [0.717, 1.165) is 23.6 Å². The van der Waals surface area contributed by atoms with Crippen LogP contribution in [-0.4, -0.2) is 45.0 Å². The summed E-state index contributed by atoms with van der Waals surface area (Å²) >= 11 is 0. The maximum Gasteiger partial charge on any atom is 0.259 e. The molecule has 0 saturated carbocycles. The second-order valence-corrected chi connectivity index (χ2v) is 6.87. The summed E-state index contributed by atoms with van der Waals surface area (Å²) in [4.78, 5) is 21.4. The van der Waals surface area contributed by atoms with Crippen LogP contribution in [0.5, 0.6) is 23.0 Å². The first-order valence-electron chi connectivity index (χ1n) is 9.72. The number of hydrogen-bond donors (Lipinski definition) is 2. The highest BCUT2D eigenvalue weighted by molar-refractivity contribution is 5.81. The first kappa shape index (κ1) is 21.4. The van der Waals surface area contributed by atoms with Gasteiger partial charge in [-0.05, 0) is 31.2 Å². The number of rotatable bonds is 9. The first-order chi connectivity index (χ1) is 14.5. The van der Waals surface area contributed by atoms with Crippen LogP contribution in [0.4, 0.5) is 0 Å². The van der Waals surface area contributed by atoms with Crippen LogP contribution in [0.15, 0.2) is 35.1 Å². The fourth-order valence-corrected chi connectivity index (χ4v) is 3.44. The van der Waals surface area contributed by atoms with Crippen molar-refractivity contribution < 1.29 is 23.8 Å². The van der Waals surface area contributed by atoms with E-state index in [1.165, 1.54) is 12.0 Å². The highest BCUT2D eigenvalue weighted by Gasteiger charge is 2.17. The van der Waals surface area contributed by atoms with Gasteiger partial charge >= 0.3 is 0 Å². The van der Waals surface area contributed by atoms with E-state index in [4.69, 9.17) is 18.9 Å². The Hall–Kier alpha value is -3.26. The number of H-pyrrole nitrogens is 1. The van der Waals surface area contributed by atoms with E-state index in [0.29, 0.717) is 41.3 Å². The van der Waals surface area contributed by atoms with Crippen LogP contribution in [0.3, 0.4) is 0 Å². The van der Waals surface area contributed by atoms with Gasteiger partial charge in [-0.1, -0.05) is 0 Å². The molecule has 0 fully saturated rings. The number of ether oxygens (including phenoxy) is 4. The highest BCUT2D eigenvalue weighted by atomic mass is 16.5. The molecule has 0 spiro atoms. The van der Waals surface area contributed by atoms with E-state index >= 15 is 0 Å². The van der Waals surface area contributed by atoms with Crippen molar-refractivity contribution >= 4 is 10.9 Å². The smallest absolute Gasteiger partial charge is 0.259 e. The van der Waals surface area contributed by atoms with Gasteiger partial charge in [-0.25, -0.2) is 4.98 Å². The van der Waals surface area contributed by atoms with Crippen LogP contribution in [-0.2, 0) is 13.1 Å². The maximum absolute atomic E-state index is 12.6. The van der Waals surface area contributed by atoms with Crippen molar-refractivity contribution in [1.29, 1.82) is 0 Å². The summed E-state index contributed by atoms with van der Waals surface area (Å²) in [6.07, 6.45) is 0. The zero-order valence-corrected chi connectivity index (χ0v) is 18.0. The number of aromatic amines is 1. The average Bonchev–Trinajstić information content (AvgIpc) is 2.77. The minimum Gasteiger partial charge on any atom is -0.497 e. The number of hydrogen-bond acceptors (Lipinski definition) is 6. The molecule has 3 aromatic rings. The van der Waals surface area contributed by atoms with Crippen LogP contribution in [0.25, 0.3) is 10.9 Å². The fraction of sp³-hybridized carbons (Fsp3) is 0.364. The van der Waals surface area contributed by atoms with Gasteiger partial charge in [0, 0.05) is 6.07 Å². The SMILES string of the molecule is CC[NH+](Cc1nc2cc(OC)c(OC)cc2c(=O)[nH]1)Cc1cc(OC)ccc1OC. The van der Waals surface area contributed by atoms with Gasteiger partial charge < -0.3 is 28.8 Å². The molecule has 0 amide bonds.